The van der Waals surface area contributed by atoms with Gasteiger partial charge >= 0.3 is 0 Å². The SMILES string of the molecule is CS(=O)(=O)CCS(=O)(=O)Nc1ccc(N)c2ncccc12. The van der Waals surface area contributed by atoms with E-state index in [2.05, 4.69) is 9.71 Å². The Morgan fingerprint density at radius 3 is 2.52 bits per heavy atom. The minimum Gasteiger partial charge on any atom is -0.397 e. The molecule has 0 fully saturated rings. The Labute approximate surface area is 123 Å². The second kappa shape index (κ2) is 5.49. The summed E-state index contributed by atoms with van der Waals surface area (Å²) >= 11 is 0. The fourth-order valence-electron chi connectivity index (χ4n) is 1.76. The summed E-state index contributed by atoms with van der Waals surface area (Å²) in [6.45, 7) is 0. The Hall–Kier alpha value is -1.87. The van der Waals surface area contributed by atoms with Crippen LogP contribution in [0.3, 0.4) is 0 Å². The van der Waals surface area contributed by atoms with Crippen molar-refractivity contribution < 1.29 is 16.8 Å². The van der Waals surface area contributed by atoms with Gasteiger partial charge in [0, 0.05) is 17.8 Å². The lowest BCUT2D eigenvalue weighted by molar-refractivity contribution is 0.593. The molecule has 0 saturated carbocycles. The molecule has 0 aliphatic carbocycles. The van der Waals surface area contributed by atoms with Gasteiger partial charge in [-0.25, -0.2) is 16.8 Å². The summed E-state index contributed by atoms with van der Waals surface area (Å²) < 4.78 is 48.4. The zero-order valence-corrected chi connectivity index (χ0v) is 12.9. The summed E-state index contributed by atoms with van der Waals surface area (Å²) in [5.74, 6) is -0.939. The first-order valence-corrected chi connectivity index (χ1v) is 9.71. The molecule has 0 atom stereocenters. The van der Waals surface area contributed by atoms with Crippen molar-refractivity contribution in [1.82, 2.24) is 4.98 Å². The summed E-state index contributed by atoms with van der Waals surface area (Å²) in [4.78, 5) is 4.10. The first kappa shape index (κ1) is 15.5. The van der Waals surface area contributed by atoms with Gasteiger partial charge in [0.2, 0.25) is 10.0 Å². The van der Waals surface area contributed by atoms with E-state index in [1.165, 1.54) is 6.07 Å². The van der Waals surface area contributed by atoms with E-state index in [4.69, 9.17) is 5.73 Å². The molecule has 0 spiro atoms. The number of nitrogen functional groups attached to an aromatic ring is 1. The highest BCUT2D eigenvalue weighted by Crippen LogP contribution is 2.27. The van der Waals surface area contributed by atoms with Crippen LogP contribution in [0.15, 0.2) is 30.5 Å². The standard InChI is InChI=1S/C12H15N3O4S2/c1-20(16,17)7-8-21(18,19)15-11-5-4-10(13)12-9(11)3-2-6-14-12/h2-6,15H,7-8,13H2,1H3. The third kappa shape index (κ3) is 4.05. The highest BCUT2D eigenvalue weighted by molar-refractivity contribution is 7.95. The van der Waals surface area contributed by atoms with Gasteiger partial charge < -0.3 is 5.73 Å². The van der Waals surface area contributed by atoms with Crippen LogP contribution < -0.4 is 10.5 Å². The van der Waals surface area contributed by atoms with Crippen LogP contribution in [0.5, 0.6) is 0 Å². The zero-order chi connectivity index (χ0) is 15.7. The van der Waals surface area contributed by atoms with Crippen LogP contribution in [0, 0.1) is 0 Å². The monoisotopic (exact) mass is 329 g/mol. The van der Waals surface area contributed by atoms with Crippen LogP contribution in [0.1, 0.15) is 0 Å². The number of hydrogen-bond donors (Lipinski definition) is 2. The van der Waals surface area contributed by atoms with Crippen molar-refractivity contribution in [2.45, 2.75) is 0 Å². The molecular formula is C12H15N3O4S2. The number of sulfonamides is 1. The van der Waals surface area contributed by atoms with Gasteiger partial charge in [-0.15, -0.1) is 0 Å². The van der Waals surface area contributed by atoms with Gasteiger partial charge in [-0.3, -0.25) is 9.71 Å². The Balaban J connectivity index is 2.34. The van der Waals surface area contributed by atoms with Crippen LogP contribution in [0.4, 0.5) is 11.4 Å². The minimum atomic E-state index is -3.77. The zero-order valence-electron chi connectivity index (χ0n) is 11.3. The van der Waals surface area contributed by atoms with Crippen LogP contribution in [-0.4, -0.2) is 39.6 Å². The van der Waals surface area contributed by atoms with Crippen LogP contribution in [0.25, 0.3) is 10.9 Å². The van der Waals surface area contributed by atoms with Gasteiger partial charge in [0.15, 0.2) is 0 Å². The van der Waals surface area contributed by atoms with Gasteiger partial charge in [-0.05, 0) is 24.3 Å². The number of sulfone groups is 1. The molecule has 9 heteroatoms. The molecule has 7 nitrogen and oxygen atoms in total. The lowest BCUT2D eigenvalue weighted by Crippen LogP contribution is -2.22. The lowest BCUT2D eigenvalue weighted by Gasteiger charge is -2.11. The highest BCUT2D eigenvalue weighted by atomic mass is 32.2. The predicted octanol–water partition coefficient (Wildman–Crippen LogP) is 0.603. The Bertz CT molecular complexity index is 877. The number of nitrogens with two attached hydrogens (primary N) is 1. The summed E-state index contributed by atoms with van der Waals surface area (Å²) in [5, 5.41) is 0.556. The normalized spacial score (nSPS) is 12.4. The number of hydrogen-bond acceptors (Lipinski definition) is 6. The average Bonchev–Trinajstić information content (AvgIpc) is 2.40. The smallest absolute Gasteiger partial charge is 0.233 e. The number of benzene rings is 1. The molecule has 3 N–H and O–H groups in total. The average molecular weight is 329 g/mol. The van der Waals surface area contributed by atoms with E-state index in [0.29, 0.717) is 22.3 Å². The molecule has 114 valence electrons. The molecule has 2 aromatic rings. The maximum atomic E-state index is 11.9. The summed E-state index contributed by atoms with van der Waals surface area (Å²) in [6, 6.07) is 6.42. The molecule has 0 amide bonds. The van der Waals surface area contributed by atoms with Crippen molar-refractivity contribution in [2.24, 2.45) is 0 Å². The molecule has 1 aromatic heterocycles. The van der Waals surface area contributed by atoms with Crippen LogP contribution >= 0.6 is 0 Å². The van der Waals surface area contributed by atoms with Gasteiger partial charge in [0.25, 0.3) is 0 Å². The number of aromatic nitrogens is 1. The van der Waals surface area contributed by atoms with Crippen LogP contribution in [0.2, 0.25) is 0 Å². The second-order valence-electron chi connectivity index (χ2n) is 4.65. The number of pyridine rings is 1. The van der Waals surface area contributed by atoms with E-state index in [0.717, 1.165) is 6.26 Å². The van der Waals surface area contributed by atoms with Gasteiger partial charge in [0.05, 0.1) is 28.4 Å². The number of fused-ring (bicyclic) bond motifs is 1. The first-order chi connectivity index (χ1) is 9.68. The molecule has 0 saturated heterocycles. The number of nitrogens with one attached hydrogen (secondary N) is 1. The van der Waals surface area contributed by atoms with E-state index >= 15 is 0 Å². The molecule has 1 aromatic carbocycles. The van der Waals surface area contributed by atoms with Crippen molar-refractivity contribution >= 4 is 42.1 Å². The second-order valence-corrected chi connectivity index (χ2v) is 8.75. The van der Waals surface area contributed by atoms with Gasteiger partial charge in [-0.2, -0.15) is 0 Å². The fourth-order valence-corrected chi connectivity index (χ4v) is 4.47. The first-order valence-electron chi connectivity index (χ1n) is 5.99. The van der Waals surface area contributed by atoms with Gasteiger partial charge in [0.1, 0.15) is 9.84 Å². The lowest BCUT2D eigenvalue weighted by atomic mass is 10.1. The van der Waals surface area contributed by atoms with E-state index in [-0.39, 0.29) is 0 Å². The molecule has 0 aliphatic heterocycles. The fraction of sp³-hybridized carbons (Fsp3) is 0.250. The van der Waals surface area contributed by atoms with Crippen molar-refractivity contribution in [3.05, 3.63) is 30.5 Å². The van der Waals surface area contributed by atoms with E-state index in [1.54, 1.807) is 24.4 Å². The maximum Gasteiger partial charge on any atom is 0.233 e. The van der Waals surface area contributed by atoms with E-state index in [1.807, 2.05) is 0 Å². The maximum absolute atomic E-state index is 11.9. The van der Waals surface area contributed by atoms with Gasteiger partial charge in [-0.1, -0.05) is 0 Å². The summed E-state index contributed by atoms with van der Waals surface area (Å²) in [6.07, 6.45) is 2.55. The molecule has 0 bridgehead atoms. The Morgan fingerprint density at radius 1 is 1.14 bits per heavy atom. The Morgan fingerprint density at radius 2 is 1.86 bits per heavy atom. The molecule has 0 unspecified atom stereocenters. The van der Waals surface area contributed by atoms with Crippen molar-refractivity contribution in [3.8, 4) is 0 Å². The van der Waals surface area contributed by atoms with E-state index < -0.39 is 31.4 Å². The largest absolute Gasteiger partial charge is 0.397 e. The Kier molecular flexibility index (Phi) is 4.06. The minimum absolute atomic E-state index is 0.320. The quantitative estimate of drug-likeness (QED) is 0.775. The summed E-state index contributed by atoms with van der Waals surface area (Å²) in [7, 11) is -7.12. The topological polar surface area (TPSA) is 119 Å². The molecule has 2 rings (SSSR count). The van der Waals surface area contributed by atoms with Crippen molar-refractivity contribution in [1.29, 1.82) is 0 Å². The third-order valence-corrected chi connectivity index (χ3v) is 5.27. The number of rotatable bonds is 5. The molecule has 1 heterocycles. The summed E-state index contributed by atoms with van der Waals surface area (Å²) in [5.41, 5.74) is 7.03. The molecule has 0 aliphatic rings. The third-order valence-electron chi connectivity index (χ3n) is 2.79. The number of nitrogens with zero attached hydrogens (tertiary/aromatic N) is 1. The van der Waals surface area contributed by atoms with Crippen molar-refractivity contribution in [3.63, 3.8) is 0 Å². The predicted molar refractivity (Wildman–Crippen MR) is 83.3 cm³/mol. The highest BCUT2D eigenvalue weighted by Gasteiger charge is 2.16. The van der Waals surface area contributed by atoms with E-state index in [9.17, 15) is 16.8 Å². The van der Waals surface area contributed by atoms with Crippen LogP contribution in [-0.2, 0) is 19.9 Å². The number of anilines is 2. The molecule has 21 heavy (non-hydrogen) atoms. The molecule has 0 radical (unpaired) electrons. The van der Waals surface area contributed by atoms with Crippen molar-refractivity contribution in [2.75, 3.05) is 28.2 Å². The molecular weight excluding hydrogens is 314 g/mol.